The Balaban J connectivity index is 1.16. The van der Waals surface area contributed by atoms with Gasteiger partial charge in [-0.3, -0.25) is 4.79 Å². The van der Waals surface area contributed by atoms with E-state index in [1.807, 2.05) is 118 Å². The first-order valence-electron chi connectivity index (χ1n) is 20.2. The number of amides is 1. The van der Waals surface area contributed by atoms with Crippen molar-refractivity contribution in [2.75, 3.05) is 13.7 Å². The van der Waals surface area contributed by atoms with Gasteiger partial charge in [0, 0.05) is 45.4 Å². The van der Waals surface area contributed by atoms with Gasteiger partial charge < -0.3 is 28.2 Å². The number of carbonyl (C=O) groups is 2. The van der Waals surface area contributed by atoms with Gasteiger partial charge in [-0.2, -0.15) is 0 Å². The van der Waals surface area contributed by atoms with Crippen molar-refractivity contribution in [1.29, 1.82) is 0 Å². The number of methoxy groups -OCH3 is 1. The van der Waals surface area contributed by atoms with Gasteiger partial charge in [-0.05, 0) is 100 Å². The Morgan fingerprint density at radius 3 is 2.28 bits per heavy atom. The van der Waals surface area contributed by atoms with Crippen LogP contribution in [0.5, 0.6) is 11.5 Å². The van der Waals surface area contributed by atoms with Crippen LogP contribution in [0, 0.1) is 27.7 Å². The molecule has 0 bridgehead atoms. The number of fused-ring (bicyclic) bond motifs is 4. The summed E-state index contributed by atoms with van der Waals surface area (Å²) in [7, 11) is 3.34. The van der Waals surface area contributed by atoms with Gasteiger partial charge in [-0.25, -0.2) is 14.8 Å². The zero-order valence-electron chi connectivity index (χ0n) is 35.2. The molecule has 8 rings (SSSR count). The van der Waals surface area contributed by atoms with E-state index < -0.39 is 23.4 Å². The molecule has 0 radical (unpaired) electrons. The quantitative estimate of drug-likeness (QED) is 0.0640. The maximum atomic E-state index is 14.9. The summed E-state index contributed by atoms with van der Waals surface area (Å²) in [5.74, 6) is 0.667. The number of aryl methyl sites for hydroxylation is 6. The largest absolute Gasteiger partial charge is 0.496 e. The highest BCUT2D eigenvalue weighted by Crippen LogP contribution is 2.44. The normalized spacial score (nSPS) is 15.1. The first-order valence-corrected chi connectivity index (χ1v) is 21.0. The number of hydrogen-bond donors (Lipinski definition) is 0. The Morgan fingerprint density at radius 1 is 0.869 bits per heavy atom. The molecule has 0 fully saturated rings. The van der Waals surface area contributed by atoms with E-state index in [1.54, 1.807) is 24.8 Å². The molecule has 1 aliphatic rings. The third-order valence-corrected chi connectivity index (χ3v) is 12.5. The predicted octanol–water partition coefficient (Wildman–Crippen LogP) is 10.6. The van der Waals surface area contributed by atoms with Crippen molar-refractivity contribution in [2.24, 2.45) is 7.05 Å². The highest BCUT2D eigenvalue weighted by atomic mass is 35.5. The molecular formula is C48H47Cl2N5O6. The lowest BCUT2D eigenvalue weighted by molar-refractivity contribution is -0.102. The van der Waals surface area contributed by atoms with Crippen LogP contribution >= 0.6 is 23.2 Å². The van der Waals surface area contributed by atoms with Crippen LogP contribution in [-0.4, -0.2) is 55.3 Å². The molecule has 314 valence electrons. The second-order valence-corrected chi connectivity index (χ2v) is 16.3. The second kappa shape index (κ2) is 17.2. The minimum atomic E-state index is -1.05. The van der Waals surface area contributed by atoms with E-state index in [2.05, 4.69) is 0 Å². The number of hydroxylamine groups is 2. The van der Waals surface area contributed by atoms with Crippen molar-refractivity contribution in [3.8, 4) is 22.6 Å². The molecule has 0 spiro atoms. The summed E-state index contributed by atoms with van der Waals surface area (Å²) < 4.78 is 21.5. The topological polar surface area (TPSA) is 110 Å². The molecule has 1 amide bonds. The highest BCUT2D eigenvalue weighted by molar-refractivity contribution is 6.32. The molecule has 1 aliphatic heterocycles. The van der Waals surface area contributed by atoms with E-state index in [4.69, 9.17) is 52.2 Å². The lowest BCUT2D eigenvalue weighted by atomic mass is 9.98. The van der Waals surface area contributed by atoms with E-state index >= 15 is 0 Å². The summed E-state index contributed by atoms with van der Waals surface area (Å²) in [6.07, 6.45) is 1.07. The molecular weight excluding hydrogens is 813 g/mol. The molecule has 13 heteroatoms. The average molecular weight is 861 g/mol. The van der Waals surface area contributed by atoms with Crippen molar-refractivity contribution in [3.63, 3.8) is 0 Å². The number of hydrogen-bond acceptors (Lipinski definition) is 8. The number of ether oxygens (including phenoxy) is 3. The number of nitrogens with zero attached hydrogens (tertiary/aromatic N) is 5. The van der Waals surface area contributed by atoms with Gasteiger partial charge in [0.25, 0.3) is 0 Å². The monoisotopic (exact) mass is 859 g/mol. The molecule has 0 saturated carbocycles. The Bertz CT molecular complexity index is 2770. The first-order chi connectivity index (χ1) is 29.4. The Kier molecular flexibility index (Phi) is 11.8. The minimum absolute atomic E-state index is 0.238. The first kappa shape index (κ1) is 41.8. The van der Waals surface area contributed by atoms with Gasteiger partial charge in [0.15, 0.2) is 11.3 Å². The van der Waals surface area contributed by atoms with Crippen LogP contribution in [0.3, 0.4) is 0 Å². The van der Waals surface area contributed by atoms with Gasteiger partial charge in [-0.15, -0.1) is 5.06 Å². The molecule has 7 aromatic rings. The van der Waals surface area contributed by atoms with Crippen LogP contribution < -0.4 is 9.47 Å². The summed E-state index contributed by atoms with van der Waals surface area (Å²) in [6, 6.07) is 26.6. The molecule has 2 atom stereocenters. The summed E-state index contributed by atoms with van der Waals surface area (Å²) in [5.41, 5.74) is 8.17. The average Bonchev–Trinajstić information content (AvgIpc) is 3.77. The molecule has 4 aromatic carbocycles. The lowest BCUT2D eigenvalue weighted by Crippen LogP contribution is -2.48. The second-order valence-electron chi connectivity index (χ2n) is 15.5. The van der Waals surface area contributed by atoms with Crippen LogP contribution in [0.1, 0.15) is 79.8 Å². The standard InChI is InChI=1S/C48H47Cl2N5O6/c1-27-22-33(23-28(2)43(27)49)60-21-13-18-35-34-16-11-17-36(42-29(3)51-41(52-30(42)4)26-59-25-32-14-9-8-10-15-32)44(34)54-31(5)46(50)55(47(56)45(35)54)61-48(57)39-24-37-38(53(39)6)19-12-20-40(37)58-7/h8-12,14-17,19-20,22-24,31,46H,13,18,21,25-26H2,1-7H3/t31?,46-/m0/s1. The SMILES string of the molecule is COc1cccc2c1cc(C(=O)ON1C(=O)c3c(CCCOc4cc(C)c(Cl)c(C)c4)c4cccc(-c5c(C)nc(COCc6ccccc6)nc5C)c4n3C(C)[C@H]1Cl)n2C. The molecule has 0 saturated heterocycles. The molecule has 0 N–H and O–H groups in total. The number of alkyl halides is 1. The predicted molar refractivity (Wildman–Crippen MR) is 238 cm³/mol. The number of carbonyl (C=O) groups excluding carboxylic acids is 2. The fourth-order valence-electron chi connectivity index (χ4n) is 8.50. The lowest BCUT2D eigenvalue weighted by Gasteiger charge is -2.36. The number of rotatable bonds is 13. The smallest absolute Gasteiger partial charge is 0.379 e. The van der Waals surface area contributed by atoms with Crippen molar-refractivity contribution in [2.45, 2.75) is 72.2 Å². The van der Waals surface area contributed by atoms with Gasteiger partial charge >= 0.3 is 11.9 Å². The van der Waals surface area contributed by atoms with Crippen LogP contribution in [0.25, 0.3) is 32.9 Å². The molecule has 0 aliphatic carbocycles. The zero-order chi connectivity index (χ0) is 43.1. The minimum Gasteiger partial charge on any atom is -0.496 e. The van der Waals surface area contributed by atoms with E-state index in [9.17, 15) is 9.59 Å². The van der Waals surface area contributed by atoms with E-state index in [1.165, 1.54) is 0 Å². The maximum absolute atomic E-state index is 14.9. The van der Waals surface area contributed by atoms with Gasteiger partial charge in [0.2, 0.25) is 0 Å². The molecule has 61 heavy (non-hydrogen) atoms. The highest BCUT2D eigenvalue weighted by Gasteiger charge is 2.43. The van der Waals surface area contributed by atoms with Crippen LogP contribution in [-0.2, 0) is 36.3 Å². The summed E-state index contributed by atoms with van der Waals surface area (Å²) in [4.78, 5) is 44.6. The van der Waals surface area contributed by atoms with E-state index in [0.29, 0.717) is 48.3 Å². The summed E-state index contributed by atoms with van der Waals surface area (Å²) in [6.45, 7) is 10.8. The van der Waals surface area contributed by atoms with Crippen LogP contribution in [0.15, 0.2) is 84.9 Å². The number of para-hydroxylation sites is 1. The number of benzene rings is 4. The van der Waals surface area contributed by atoms with Gasteiger partial charge in [0.1, 0.15) is 29.5 Å². The van der Waals surface area contributed by atoms with E-state index in [0.717, 1.165) is 77.4 Å². The van der Waals surface area contributed by atoms with Gasteiger partial charge in [-0.1, -0.05) is 77.8 Å². The van der Waals surface area contributed by atoms with Crippen molar-refractivity contribution < 1.29 is 28.6 Å². The summed E-state index contributed by atoms with van der Waals surface area (Å²) >= 11 is 13.6. The van der Waals surface area contributed by atoms with E-state index in [-0.39, 0.29) is 12.3 Å². The molecule has 4 heterocycles. The fourth-order valence-corrected chi connectivity index (χ4v) is 8.85. The summed E-state index contributed by atoms with van der Waals surface area (Å²) in [5, 5.41) is 3.34. The Morgan fingerprint density at radius 2 is 1.57 bits per heavy atom. The van der Waals surface area contributed by atoms with Crippen LogP contribution in [0.4, 0.5) is 0 Å². The molecule has 1 unspecified atom stereocenters. The third kappa shape index (κ3) is 7.82. The van der Waals surface area contributed by atoms with Gasteiger partial charge in [0.05, 0.1) is 37.4 Å². The number of halogens is 2. The fraction of sp³-hybridized carbons (Fsp3) is 0.292. The molecule has 3 aromatic heterocycles. The van der Waals surface area contributed by atoms with Crippen molar-refractivity contribution >= 4 is 56.9 Å². The Labute approximate surface area is 364 Å². The Hall–Kier alpha value is -5.88. The zero-order valence-corrected chi connectivity index (χ0v) is 36.7. The third-order valence-electron chi connectivity index (χ3n) is 11.4. The van der Waals surface area contributed by atoms with Crippen LogP contribution in [0.2, 0.25) is 5.02 Å². The van der Waals surface area contributed by atoms with Crippen molar-refractivity contribution in [1.82, 2.24) is 24.2 Å². The number of aromatic nitrogens is 4. The molecule has 11 nitrogen and oxygen atoms in total. The maximum Gasteiger partial charge on any atom is 0.379 e. The van der Waals surface area contributed by atoms with Crippen molar-refractivity contribution in [3.05, 3.63) is 141 Å².